The molecule has 1 aliphatic rings. The Balaban J connectivity index is 0.00000261. The van der Waals surface area contributed by atoms with Gasteiger partial charge in [-0.05, 0) is 30.9 Å². The maximum absolute atomic E-state index is 5.38. The Hall–Kier alpha value is -1.77. The standard InChI is InChI=1S/C20H29N5O.HI/c1-15(2)19-12-18(26-24-19)13-22-20(21-3)23-16-8-7-11-25(14-16)17-9-5-4-6-10-17;/h4-6,9-10,12,15-16H,7-8,11,13-14H2,1-3H3,(H2,21,22,23);1H. The van der Waals surface area contributed by atoms with Crippen LogP contribution in [0.15, 0.2) is 45.9 Å². The van der Waals surface area contributed by atoms with E-state index in [0.717, 1.165) is 36.9 Å². The van der Waals surface area contributed by atoms with E-state index >= 15 is 0 Å². The number of piperidine rings is 1. The Labute approximate surface area is 178 Å². The van der Waals surface area contributed by atoms with E-state index in [1.54, 1.807) is 7.05 Å². The highest BCUT2D eigenvalue weighted by Crippen LogP contribution is 2.19. The van der Waals surface area contributed by atoms with Crippen LogP contribution in [0.2, 0.25) is 0 Å². The van der Waals surface area contributed by atoms with Crippen molar-refractivity contribution in [1.82, 2.24) is 15.8 Å². The van der Waals surface area contributed by atoms with Crippen LogP contribution in [0.5, 0.6) is 0 Å². The van der Waals surface area contributed by atoms with Crippen LogP contribution in [-0.2, 0) is 6.54 Å². The van der Waals surface area contributed by atoms with Crippen LogP contribution in [-0.4, -0.2) is 37.3 Å². The van der Waals surface area contributed by atoms with Crippen molar-refractivity contribution in [2.45, 2.75) is 45.2 Å². The van der Waals surface area contributed by atoms with E-state index in [2.05, 4.69) is 69.9 Å². The van der Waals surface area contributed by atoms with Crippen LogP contribution < -0.4 is 15.5 Å². The molecule has 2 N–H and O–H groups in total. The number of benzene rings is 1. The van der Waals surface area contributed by atoms with Crippen LogP contribution in [0, 0.1) is 0 Å². The second-order valence-corrected chi connectivity index (χ2v) is 7.06. The highest BCUT2D eigenvalue weighted by atomic mass is 127. The molecule has 0 radical (unpaired) electrons. The van der Waals surface area contributed by atoms with Gasteiger partial charge in [-0.15, -0.1) is 24.0 Å². The first-order chi connectivity index (χ1) is 12.7. The minimum atomic E-state index is 0. The third kappa shape index (κ3) is 6.12. The van der Waals surface area contributed by atoms with Crippen LogP contribution in [0.1, 0.15) is 44.1 Å². The molecular weight excluding hydrogens is 453 g/mol. The van der Waals surface area contributed by atoms with Crippen molar-refractivity contribution >= 4 is 35.6 Å². The molecule has 0 bridgehead atoms. The van der Waals surface area contributed by atoms with Gasteiger partial charge in [-0.2, -0.15) is 0 Å². The van der Waals surface area contributed by atoms with Crippen LogP contribution in [0.3, 0.4) is 0 Å². The number of hydrogen-bond donors (Lipinski definition) is 2. The average Bonchev–Trinajstić information content (AvgIpc) is 3.15. The number of aliphatic imine (C=N–C) groups is 1. The first kappa shape index (κ1) is 21.5. The van der Waals surface area contributed by atoms with Gasteiger partial charge >= 0.3 is 0 Å². The van der Waals surface area contributed by atoms with Crippen LogP contribution >= 0.6 is 24.0 Å². The Morgan fingerprint density at radius 2 is 2.11 bits per heavy atom. The molecule has 0 saturated carbocycles. The Kier molecular flexibility index (Phi) is 8.40. The summed E-state index contributed by atoms with van der Waals surface area (Å²) in [4.78, 5) is 6.78. The van der Waals surface area contributed by atoms with Gasteiger partial charge in [0, 0.05) is 37.9 Å². The van der Waals surface area contributed by atoms with Crippen molar-refractivity contribution < 1.29 is 4.52 Å². The molecule has 6 nitrogen and oxygen atoms in total. The second kappa shape index (κ2) is 10.5. The molecule has 1 unspecified atom stereocenters. The molecule has 1 aromatic heterocycles. The number of nitrogens with one attached hydrogen (secondary N) is 2. The lowest BCUT2D eigenvalue weighted by molar-refractivity contribution is 0.371. The number of anilines is 1. The van der Waals surface area contributed by atoms with Crippen LogP contribution in [0.4, 0.5) is 5.69 Å². The van der Waals surface area contributed by atoms with Gasteiger partial charge in [0.15, 0.2) is 11.7 Å². The fourth-order valence-electron chi connectivity index (χ4n) is 3.21. The molecule has 27 heavy (non-hydrogen) atoms. The number of guanidine groups is 1. The Morgan fingerprint density at radius 1 is 1.33 bits per heavy atom. The predicted molar refractivity (Wildman–Crippen MR) is 121 cm³/mol. The summed E-state index contributed by atoms with van der Waals surface area (Å²) in [5.41, 5.74) is 2.26. The Morgan fingerprint density at radius 3 is 2.78 bits per heavy atom. The monoisotopic (exact) mass is 483 g/mol. The molecule has 1 saturated heterocycles. The molecule has 148 valence electrons. The fourth-order valence-corrected chi connectivity index (χ4v) is 3.21. The molecule has 1 fully saturated rings. The second-order valence-electron chi connectivity index (χ2n) is 7.06. The number of rotatable bonds is 5. The summed E-state index contributed by atoms with van der Waals surface area (Å²) >= 11 is 0. The fraction of sp³-hybridized carbons (Fsp3) is 0.500. The lowest BCUT2D eigenvalue weighted by Crippen LogP contribution is -2.51. The highest BCUT2D eigenvalue weighted by molar-refractivity contribution is 14.0. The summed E-state index contributed by atoms with van der Waals surface area (Å²) in [6, 6.07) is 13.0. The number of halogens is 1. The summed E-state index contributed by atoms with van der Waals surface area (Å²) in [7, 11) is 1.80. The van der Waals surface area contributed by atoms with Gasteiger partial charge < -0.3 is 20.1 Å². The lowest BCUT2D eigenvalue weighted by Gasteiger charge is -2.35. The van der Waals surface area contributed by atoms with Gasteiger partial charge in [-0.3, -0.25) is 4.99 Å². The summed E-state index contributed by atoms with van der Waals surface area (Å²) in [6.07, 6.45) is 2.31. The zero-order chi connectivity index (χ0) is 18.4. The number of para-hydroxylation sites is 1. The number of aromatic nitrogens is 1. The van der Waals surface area contributed by atoms with Crippen LogP contribution in [0.25, 0.3) is 0 Å². The summed E-state index contributed by atoms with van der Waals surface area (Å²) in [5, 5.41) is 11.0. The maximum atomic E-state index is 5.38. The van der Waals surface area contributed by atoms with Crippen molar-refractivity contribution in [3.8, 4) is 0 Å². The van der Waals surface area contributed by atoms with E-state index in [1.165, 1.54) is 12.1 Å². The van der Waals surface area contributed by atoms with Crippen molar-refractivity contribution in [2.24, 2.45) is 4.99 Å². The molecule has 0 aliphatic carbocycles. The van der Waals surface area contributed by atoms with Crippen molar-refractivity contribution in [3.05, 3.63) is 47.9 Å². The van der Waals surface area contributed by atoms with Gasteiger partial charge in [0.1, 0.15) is 0 Å². The molecule has 0 spiro atoms. The smallest absolute Gasteiger partial charge is 0.191 e. The largest absolute Gasteiger partial charge is 0.369 e. The maximum Gasteiger partial charge on any atom is 0.191 e. The van der Waals surface area contributed by atoms with Gasteiger partial charge in [0.05, 0.1) is 12.2 Å². The average molecular weight is 483 g/mol. The third-order valence-electron chi connectivity index (χ3n) is 4.71. The SMILES string of the molecule is CN=C(NCc1cc(C(C)C)no1)NC1CCCN(c2ccccc2)C1.I. The molecule has 1 aromatic carbocycles. The van der Waals surface area contributed by atoms with E-state index in [0.29, 0.717) is 18.5 Å². The van der Waals surface area contributed by atoms with Gasteiger partial charge in [-0.25, -0.2) is 0 Å². The first-order valence-electron chi connectivity index (χ1n) is 9.38. The molecular formula is C20H30IN5O. The molecule has 1 aliphatic heterocycles. The molecule has 7 heteroatoms. The summed E-state index contributed by atoms with van der Waals surface area (Å²) < 4.78 is 5.38. The zero-order valence-corrected chi connectivity index (χ0v) is 18.6. The normalized spacial score (nSPS) is 17.6. The predicted octanol–water partition coefficient (Wildman–Crippen LogP) is 3.75. The van der Waals surface area contributed by atoms with Crippen molar-refractivity contribution in [2.75, 3.05) is 25.0 Å². The molecule has 3 rings (SSSR count). The minimum absolute atomic E-state index is 0. The zero-order valence-electron chi connectivity index (χ0n) is 16.3. The lowest BCUT2D eigenvalue weighted by atomic mass is 10.1. The van der Waals surface area contributed by atoms with E-state index in [4.69, 9.17) is 4.52 Å². The highest BCUT2D eigenvalue weighted by Gasteiger charge is 2.21. The molecule has 2 aromatic rings. The molecule has 2 heterocycles. The Bertz CT molecular complexity index is 716. The van der Waals surface area contributed by atoms with Gasteiger partial charge in [0.25, 0.3) is 0 Å². The topological polar surface area (TPSA) is 65.7 Å². The van der Waals surface area contributed by atoms with E-state index in [-0.39, 0.29) is 24.0 Å². The van der Waals surface area contributed by atoms with Crippen molar-refractivity contribution in [3.63, 3.8) is 0 Å². The molecule has 1 atom stereocenters. The quantitative estimate of drug-likeness (QED) is 0.386. The molecule has 0 amide bonds. The van der Waals surface area contributed by atoms with Gasteiger partial charge in [-0.1, -0.05) is 37.2 Å². The first-order valence-corrected chi connectivity index (χ1v) is 9.38. The summed E-state index contributed by atoms with van der Waals surface area (Å²) in [5.74, 6) is 2.00. The number of nitrogens with zero attached hydrogens (tertiary/aromatic N) is 3. The third-order valence-corrected chi connectivity index (χ3v) is 4.71. The van der Waals surface area contributed by atoms with Crippen molar-refractivity contribution in [1.29, 1.82) is 0 Å². The van der Waals surface area contributed by atoms with Gasteiger partial charge in [0.2, 0.25) is 0 Å². The van der Waals surface area contributed by atoms with E-state index in [1.807, 2.05) is 6.07 Å². The summed E-state index contributed by atoms with van der Waals surface area (Å²) in [6.45, 7) is 6.87. The number of hydrogen-bond acceptors (Lipinski definition) is 4. The van der Waals surface area contributed by atoms with E-state index in [9.17, 15) is 0 Å². The minimum Gasteiger partial charge on any atom is -0.369 e. The van der Waals surface area contributed by atoms with E-state index < -0.39 is 0 Å².